The van der Waals surface area contributed by atoms with E-state index in [0.29, 0.717) is 5.54 Å². The highest BCUT2D eigenvalue weighted by Crippen LogP contribution is 2.44. The smallest absolute Gasteiger partial charge is 0.269 e. The molecule has 96 valence electrons. The lowest BCUT2D eigenvalue weighted by atomic mass is 10.1. The summed E-state index contributed by atoms with van der Waals surface area (Å²) >= 11 is 0. The Balaban J connectivity index is 1.77. The van der Waals surface area contributed by atoms with Gasteiger partial charge in [0.2, 0.25) is 0 Å². The minimum atomic E-state index is -0.351. The molecule has 3 rings (SSSR count). The number of non-ortho nitro benzene ring substituents is 1. The average molecular weight is 247 g/mol. The minimum absolute atomic E-state index is 0.161. The number of rotatable bonds is 2. The zero-order valence-corrected chi connectivity index (χ0v) is 10.5. The van der Waals surface area contributed by atoms with Crippen LogP contribution < -0.4 is 4.90 Å². The van der Waals surface area contributed by atoms with Crippen molar-refractivity contribution in [1.29, 1.82) is 0 Å². The Morgan fingerprint density at radius 2 is 1.89 bits per heavy atom. The Hall–Kier alpha value is -1.62. The van der Waals surface area contributed by atoms with Gasteiger partial charge in [0.25, 0.3) is 5.69 Å². The normalized spacial score (nSPS) is 22.2. The van der Waals surface area contributed by atoms with Crippen molar-refractivity contribution in [2.75, 3.05) is 31.6 Å². The van der Waals surface area contributed by atoms with Gasteiger partial charge >= 0.3 is 0 Å². The molecule has 1 heterocycles. The Bertz CT molecular complexity index is 468. The van der Waals surface area contributed by atoms with E-state index in [9.17, 15) is 10.1 Å². The van der Waals surface area contributed by atoms with Gasteiger partial charge in [-0.2, -0.15) is 0 Å². The Morgan fingerprint density at radius 1 is 1.22 bits per heavy atom. The van der Waals surface area contributed by atoms with Gasteiger partial charge in [-0.25, -0.2) is 0 Å². The van der Waals surface area contributed by atoms with E-state index < -0.39 is 0 Å². The quantitative estimate of drug-likeness (QED) is 0.591. The number of hydrogen-bond donors (Lipinski definition) is 0. The lowest BCUT2D eigenvalue weighted by Gasteiger charge is -2.41. The molecule has 0 atom stereocenters. The average Bonchev–Trinajstić information content (AvgIpc) is 3.14. The number of hydrogen-bond acceptors (Lipinski definition) is 4. The van der Waals surface area contributed by atoms with Crippen LogP contribution in [0.25, 0.3) is 0 Å². The van der Waals surface area contributed by atoms with Crippen molar-refractivity contribution in [1.82, 2.24) is 4.90 Å². The van der Waals surface area contributed by atoms with Crippen molar-refractivity contribution in [2.24, 2.45) is 0 Å². The van der Waals surface area contributed by atoms with Crippen LogP contribution in [0.1, 0.15) is 12.8 Å². The van der Waals surface area contributed by atoms with Gasteiger partial charge in [-0.15, -0.1) is 0 Å². The van der Waals surface area contributed by atoms with Crippen LogP contribution in [0.15, 0.2) is 24.3 Å². The summed E-state index contributed by atoms with van der Waals surface area (Å²) in [5.41, 5.74) is 1.63. The third kappa shape index (κ3) is 1.84. The maximum atomic E-state index is 10.6. The van der Waals surface area contributed by atoms with Gasteiger partial charge < -0.3 is 4.90 Å². The van der Waals surface area contributed by atoms with E-state index in [-0.39, 0.29) is 10.6 Å². The molecule has 1 aromatic rings. The fourth-order valence-corrected chi connectivity index (χ4v) is 2.75. The van der Waals surface area contributed by atoms with Gasteiger partial charge in [-0.3, -0.25) is 15.0 Å². The molecule has 2 fully saturated rings. The first kappa shape index (κ1) is 11.5. The first-order valence-corrected chi connectivity index (χ1v) is 6.31. The molecule has 0 radical (unpaired) electrons. The maximum Gasteiger partial charge on any atom is 0.269 e. The second-order valence-electron chi connectivity index (χ2n) is 5.34. The van der Waals surface area contributed by atoms with Crippen LogP contribution in [0.3, 0.4) is 0 Å². The second kappa shape index (κ2) is 3.95. The van der Waals surface area contributed by atoms with Gasteiger partial charge in [0.05, 0.1) is 4.92 Å². The first-order chi connectivity index (χ1) is 8.61. The highest BCUT2D eigenvalue weighted by Gasteiger charge is 2.49. The van der Waals surface area contributed by atoms with E-state index in [4.69, 9.17) is 0 Å². The molecular formula is C13H17N3O2. The van der Waals surface area contributed by atoms with Crippen molar-refractivity contribution in [3.63, 3.8) is 0 Å². The summed E-state index contributed by atoms with van der Waals surface area (Å²) in [5, 5.41) is 10.6. The first-order valence-electron chi connectivity index (χ1n) is 6.31. The molecule has 0 bridgehead atoms. The second-order valence-corrected chi connectivity index (χ2v) is 5.34. The van der Waals surface area contributed by atoms with E-state index >= 15 is 0 Å². The predicted molar refractivity (Wildman–Crippen MR) is 69.9 cm³/mol. The van der Waals surface area contributed by atoms with Crippen LogP contribution in [0.4, 0.5) is 11.4 Å². The van der Waals surface area contributed by atoms with Gasteiger partial charge in [0.15, 0.2) is 0 Å². The van der Waals surface area contributed by atoms with E-state index in [0.717, 1.165) is 25.3 Å². The lowest BCUT2D eigenvalue weighted by molar-refractivity contribution is -0.384. The summed E-state index contributed by atoms with van der Waals surface area (Å²) < 4.78 is 0. The number of nitro benzene ring substituents is 1. The Kier molecular flexibility index (Phi) is 2.52. The summed E-state index contributed by atoms with van der Waals surface area (Å²) in [7, 11) is 2.19. The molecule has 0 aromatic heterocycles. The topological polar surface area (TPSA) is 49.6 Å². The third-order valence-electron chi connectivity index (χ3n) is 4.25. The molecule has 1 aliphatic heterocycles. The maximum absolute atomic E-state index is 10.6. The van der Waals surface area contributed by atoms with Crippen LogP contribution in [-0.2, 0) is 0 Å². The fraction of sp³-hybridized carbons (Fsp3) is 0.538. The summed E-state index contributed by atoms with van der Waals surface area (Å²) in [6.07, 6.45) is 2.54. The number of nitrogens with zero attached hydrogens (tertiary/aromatic N) is 3. The molecule has 0 unspecified atom stereocenters. The third-order valence-corrected chi connectivity index (χ3v) is 4.25. The number of anilines is 1. The van der Waals surface area contributed by atoms with Gasteiger partial charge in [-0.05, 0) is 32.0 Å². The molecule has 0 N–H and O–H groups in total. The predicted octanol–water partition coefficient (Wildman–Crippen LogP) is 1.88. The van der Waals surface area contributed by atoms with Crippen LogP contribution >= 0.6 is 0 Å². The van der Waals surface area contributed by atoms with E-state index in [1.807, 2.05) is 12.1 Å². The van der Waals surface area contributed by atoms with Crippen LogP contribution in [0.2, 0.25) is 0 Å². The molecule has 18 heavy (non-hydrogen) atoms. The highest BCUT2D eigenvalue weighted by molar-refractivity contribution is 5.52. The molecule has 1 aliphatic carbocycles. The minimum Gasteiger partial charge on any atom is -0.368 e. The van der Waals surface area contributed by atoms with Crippen LogP contribution in [-0.4, -0.2) is 42.0 Å². The summed E-state index contributed by atoms with van der Waals surface area (Å²) in [4.78, 5) is 15.1. The van der Waals surface area contributed by atoms with Crippen LogP contribution in [0, 0.1) is 10.1 Å². The monoisotopic (exact) mass is 247 g/mol. The Labute approximate surface area is 106 Å². The summed E-state index contributed by atoms with van der Waals surface area (Å²) in [6.45, 7) is 3.11. The molecule has 5 heteroatoms. The summed E-state index contributed by atoms with van der Waals surface area (Å²) in [6, 6.07) is 6.90. The summed E-state index contributed by atoms with van der Waals surface area (Å²) in [5.74, 6) is 0. The van der Waals surface area contributed by atoms with Crippen molar-refractivity contribution in [3.8, 4) is 0 Å². The number of nitro groups is 1. The molecular weight excluding hydrogens is 230 g/mol. The SMILES string of the molecule is CN1CCN(c2ccc([N+](=O)[O-])cc2)CC12CC2. The van der Waals surface area contributed by atoms with Crippen molar-refractivity contribution >= 4 is 11.4 Å². The molecule has 1 aromatic carbocycles. The molecule has 5 nitrogen and oxygen atoms in total. The van der Waals surface area contributed by atoms with Gasteiger partial charge in [0, 0.05) is 43.0 Å². The van der Waals surface area contributed by atoms with Crippen molar-refractivity contribution in [3.05, 3.63) is 34.4 Å². The van der Waals surface area contributed by atoms with Gasteiger partial charge in [0.1, 0.15) is 0 Å². The molecule has 2 aliphatic rings. The highest BCUT2D eigenvalue weighted by atomic mass is 16.6. The zero-order valence-electron chi connectivity index (χ0n) is 10.5. The van der Waals surface area contributed by atoms with Gasteiger partial charge in [-0.1, -0.05) is 0 Å². The molecule has 1 spiro atoms. The molecule has 0 amide bonds. The van der Waals surface area contributed by atoms with E-state index in [1.54, 1.807) is 12.1 Å². The number of piperazine rings is 1. The van der Waals surface area contributed by atoms with E-state index in [2.05, 4.69) is 16.8 Å². The fourth-order valence-electron chi connectivity index (χ4n) is 2.75. The van der Waals surface area contributed by atoms with Crippen LogP contribution in [0.5, 0.6) is 0 Å². The number of benzene rings is 1. The standard InChI is InChI=1S/C13H17N3O2/c1-14-8-9-15(10-13(14)6-7-13)11-2-4-12(5-3-11)16(17)18/h2-5H,6-10H2,1H3. The van der Waals surface area contributed by atoms with E-state index in [1.165, 1.54) is 12.8 Å². The lowest BCUT2D eigenvalue weighted by Crippen LogP contribution is -2.53. The molecule has 1 saturated heterocycles. The molecule has 1 saturated carbocycles. The van der Waals surface area contributed by atoms with Crippen molar-refractivity contribution in [2.45, 2.75) is 18.4 Å². The zero-order chi connectivity index (χ0) is 12.8. The Morgan fingerprint density at radius 3 is 2.44 bits per heavy atom. The number of likely N-dealkylation sites (N-methyl/N-ethyl adjacent to an activating group) is 1. The largest absolute Gasteiger partial charge is 0.368 e. The van der Waals surface area contributed by atoms with Crippen molar-refractivity contribution < 1.29 is 4.92 Å².